The summed E-state index contributed by atoms with van der Waals surface area (Å²) in [5, 5.41) is 11.3. The number of aliphatic hydroxyl groups excluding tert-OH is 1. The molecule has 3 N–H and O–H groups in total. The fourth-order valence-electron chi connectivity index (χ4n) is 7.38. The highest BCUT2D eigenvalue weighted by molar-refractivity contribution is 5.83. The highest BCUT2D eigenvalue weighted by atomic mass is 16.3. The third kappa shape index (κ3) is 3.51. The van der Waals surface area contributed by atoms with E-state index in [1.54, 1.807) is 0 Å². The summed E-state index contributed by atoms with van der Waals surface area (Å²) in [6.07, 6.45) is 7.05. The second-order valence-corrected chi connectivity index (χ2v) is 10.5. The molecule has 5 heteroatoms. The lowest BCUT2D eigenvalue weighted by Crippen LogP contribution is -3.15. The van der Waals surface area contributed by atoms with E-state index >= 15 is 0 Å². The quantitative estimate of drug-likeness (QED) is 0.695. The Morgan fingerprint density at radius 2 is 1.79 bits per heavy atom. The molecule has 0 aromatic heterocycles. The highest BCUT2D eigenvalue weighted by Crippen LogP contribution is 2.65. The molecule has 29 heavy (non-hydrogen) atoms. The first-order chi connectivity index (χ1) is 14.0. The molecule has 4 saturated carbocycles. The largest absolute Gasteiger partial charge is 0.391 e. The molecule has 0 spiro atoms. The highest BCUT2D eigenvalue weighted by Gasteiger charge is 2.61. The van der Waals surface area contributed by atoms with Crippen LogP contribution in [0.3, 0.4) is 0 Å². The van der Waals surface area contributed by atoms with Crippen LogP contribution in [-0.2, 0) is 10.2 Å². The van der Waals surface area contributed by atoms with E-state index in [0.29, 0.717) is 11.8 Å². The molecule has 1 saturated heterocycles. The average molecular weight is 399 g/mol. The van der Waals surface area contributed by atoms with Gasteiger partial charge < -0.3 is 10.0 Å². The molecular formula is C24H36N3O2+. The number of quaternary nitrogens is 1. The number of rotatable bonds is 5. The summed E-state index contributed by atoms with van der Waals surface area (Å²) in [5.74, 6) is 1.69. The van der Waals surface area contributed by atoms with Crippen LogP contribution in [0.4, 0.5) is 0 Å². The number of hydrogen-bond donors (Lipinski definition) is 3. The molecule has 2 unspecified atom stereocenters. The molecule has 1 aliphatic heterocycles. The van der Waals surface area contributed by atoms with Crippen molar-refractivity contribution >= 4 is 5.91 Å². The van der Waals surface area contributed by atoms with Gasteiger partial charge in [0, 0.05) is 0 Å². The number of hydrogen-bond acceptors (Lipinski definition) is 3. The first-order valence-corrected chi connectivity index (χ1v) is 11.6. The summed E-state index contributed by atoms with van der Waals surface area (Å²) in [4.78, 5) is 15.0. The Kier molecular flexibility index (Phi) is 4.96. The van der Waals surface area contributed by atoms with E-state index < -0.39 is 0 Å². The number of amides is 1. The topological polar surface area (TPSA) is 57.0 Å². The minimum absolute atomic E-state index is 0.177. The average Bonchev–Trinajstić information content (AvgIpc) is 2.69. The van der Waals surface area contributed by atoms with Crippen LogP contribution in [0.5, 0.6) is 0 Å². The number of hydrazine groups is 1. The van der Waals surface area contributed by atoms with E-state index in [9.17, 15) is 4.79 Å². The van der Waals surface area contributed by atoms with Crippen molar-refractivity contribution in [3.05, 3.63) is 35.4 Å². The van der Waals surface area contributed by atoms with Crippen LogP contribution in [0.2, 0.25) is 0 Å². The predicted molar refractivity (Wildman–Crippen MR) is 112 cm³/mol. The monoisotopic (exact) mass is 398 g/mol. The predicted octanol–water partition coefficient (Wildman–Crippen LogP) is 1.06. The van der Waals surface area contributed by atoms with Gasteiger partial charge in [-0.15, -0.1) is 0 Å². The Hall–Kier alpha value is -1.43. The SMILES string of the molecule is Cc1ccc(C23C[C@@H]4C[C@@H](CC(C(=O)NN5CC[NH+](CCO)CC5)(C4)C2)C3)cc1. The number of benzene rings is 1. The normalized spacial score (nSPS) is 37.0. The maximum absolute atomic E-state index is 13.6. The number of carbonyl (C=O) groups is 1. The lowest BCUT2D eigenvalue weighted by molar-refractivity contribution is -0.905. The molecule has 5 aliphatic rings. The van der Waals surface area contributed by atoms with Gasteiger partial charge in [0.15, 0.2) is 0 Å². The molecule has 1 aromatic rings. The fraction of sp³-hybridized carbons (Fsp3) is 0.708. The van der Waals surface area contributed by atoms with Crippen LogP contribution in [0, 0.1) is 24.2 Å². The molecule has 1 aromatic carbocycles. The molecule has 4 aliphatic carbocycles. The second kappa shape index (κ2) is 7.36. The Labute approximate surface area is 174 Å². The van der Waals surface area contributed by atoms with Crippen molar-refractivity contribution in [3.8, 4) is 0 Å². The van der Waals surface area contributed by atoms with Crippen molar-refractivity contribution in [3.63, 3.8) is 0 Å². The zero-order valence-corrected chi connectivity index (χ0v) is 17.8. The Morgan fingerprint density at radius 3 is 2.41 bits per heavy atom. The molecule has 158 valence electrons. The van der Waals surface area contributed by atoms with Gasteiger partial charge in [0.2, 0.25) is 5.91 Å². The molecule has 4 bridgehead atoms. The molecule has 1 heterocycles. The van der Waals surface area contributed by atoms with Gasteiger partial charge in [-0.25, -0.2) is 5.01 Å². The molecule has 5 fully saturated rings. The Bertz CT molecular complexity index is 740. The zero-order valence-electron chi connectivity index (χ0n) is 17.8. The minimum atomic E-state index is -0.177. The fourth-order valence-corrected chi connectivity index (χ4v) is 7.38. The van der Waals surface area contributed by atoms with Crippen molar-refractivity contribution in [2.75, 3.05) is 39.3 Å². The van der Waals surface area contributed by atoms with Gasteiger partial charge in [0.1, 0.15) is 6.54 Å². The summed E-state index contributed by atoms with van der Waals surface area (Å²) in [5.41, 5.74) is 6.15. The maximum atomic E-state index is 13.6. The number of aliphatic hydroxyl groups is 1. The number of carbonyl (C=O) groups excluding carboxylic acids is 1. The van der Waals surface area contributed by atoms with Crippen LogP contribution in [0.15, 0.2) is 24.3 Å². The summed E-state index contributed by atoms with van der Waals surface area (Å²) in [6.45, 7) is 6.96. The smallest absolute Gasteiger partial charge is 0.240 e. The van der Waals surface area contributed by atoms with Crippen molar-refractivity contribution in [2.45, 2.75) is 50.9 Å². The minimum Gasteiger partial charge on any atom is -0.391 e. The van der Waals surface area contributed by atoms with Crippen molar-refractivity contribution in [1.82, 2.24) is 10.4 Å². The molecule has 0 radical (unpaired) electrons. The maximum Gasteiger partial charge on any atom is 0.240 e. The van der Waals surface area contributed by atoms with E-state index in [1.165, 1.54) is 35.3 Å². The van der Waals surface area contributed by atoms with E-state index in [2.05, 4.69) is 41.6 Å². The molecule has 6 rings (SSSR count). The van der Waals surface area contributed by atoms with Gasteiger partial charge >= 0.3 is 0 Å². The van der Waals surface area contributed by atoms with Crippen LogP contribution in [0.1, 0.15) is 49.7 Å². The zero-order chi connectivity index (χ0) is 20.1. The van der Waals surface area contributed by atoms with E-state index in [4.69, 9.17) is 5.11 Å². The van der Waals surface area contributed by atoms with Crippen molar-refractivity contribution in [1.29, 1.82) is 0 Å². The van der Waals surface area contributed by atoms with E-state index in [1.807, 2.05) is 0 Å². The number of aryl methyl sites for hydroxylation is 1. The third-order valence-corrected chi connectivity index (χ3v) is 8.40. The summed E-state index contributed by atoms with van der Waals surface area (Å²) < 4.78 is 0. The van der Waals surface area contributed by atoms with E-state index in [0.717, 1.165) is 52.0 Å². The molecule has 1 amide bonds. The first-order valence-electron chi connectivity index (χ1n) is 11.6. The number of nitrogens with zero attached hydrogens (tertiary/aromatic N) is 1. The van der Waals surface area contributed by atoms with Crippen LogP contribution >= 0.6 is 0 Å². The van der Waals surface area contributed by atoms with Crippen LogP contribution < -0.4 is 10.3 Å². The number of piperazine rings is 1. The van der Waals surface area contributed by atoms with Crippen molar-refractivity contribution in [2.24, 2.45) is 17.3 Å². The standard InChI is InChI=1S/C24H35N3O2/c1-18-2-4-21(5-3-18)23-13-19-12-20(14-23)16-24(15-19,17-23)22(29)25-27-8-6-26(7-9-27)10-11-28/h2-5,19-20,28H,6-17H2,1H3,(H,25,29)/p+1/t19-,20+,23?,24?. The van der Waals surface area contributed by atoms with Gasteiger partial charge in [0.25, 0.3) is 0 Å². The van der Waals surface area contributed by atoms with Crippen molar-refractivity contribution < 1.29 is 14.8 Å². The molecule has 5 nitrogen and oxygen atoms in total. The lowest BCUT2D eigenvalue weighted by Gasteiger charge is -2.61. The first kappa shape index (κ1) is 19.5. The van der Waals surface area contributed by atoms with Crippen LogP contribution in [-0.4, -0.2) is 55.4 Å². The third-order valence-electron chi connectivity index (χ3n) is 8.40. The van der Waals surface area contributed by atoms with E-state index in [-0.39, 0.29) is 23.3 Å². The van der Waals surface area contributed by atoms with Gasteiger partial charge in [0.05, 0.1) is 38.2 Å². The summed E-state index contributed by atoms with van der Waals surface area (Å²) >= 11 is 0. The van der Waals surface area contributed by atoms with Gasteiger partial charge in [-0.2, -0.15) is 0 Å². The molecular weight excluding hydrogens is 362 g/mol. The van der Waals surface area contributed by atoms with Crippen LogP contribution in [0.25, 0.3) is 0 Å². The van der Waals surface area contributed by atoms with Gasteiger partial charge in [-0.3, -0.25) is 10.2 Å². The van der Waals surface area contributed by atoms with Gasteiger partial charge in [-0.05, 0) is 68.3 Å². The molecule has 4 atom stereocenters. The summed E-state index contributed by atoms with van der Waals surface area (Å²) in [7, 11) is 0. The summed E-state index contributed by atoms with van der Waals surface area (Å²) in [6, 6.07) is 9.15. The van der Waals surface area contributed by atoms with Gasteiger partial charge in [-0.1, -0.05) is 29.8 Å². The Balaban J connectivity index is 1.32. The Morgan fingerprint density at radius 1 is 1.14 bits per heavy atom. The lowest BCUT2D eigenvalue weighted by atomic mass is 9.42. The number of nitrogens with one attached hydrogen (secondary N) is 2. The second-order valence-electron chi connectivity index (χ2n) is 10.5.